The van der Waals surface area contributed by atoms with E-state index in [4.69, 9.17) is 16.6 Å². The zero-order chi connectivity index (χ0) is 22.1. The largest absolute Gasteiger partial charge is 0.453 e. The van der Waals surface area contributed by atoms with Crippen molar-refractivity contribution in [3.05, 3.63) is 89.5 Å². The Balaban J connectivity index is 1.66. The molecule has 1 saturated heterocycles. The number of nitrogens with zero attached hydrogens (tertiary/aromatic N) is 1. The number of halogens is 1. The first-order chi connectivity index (χ1) is 14.9. The molecule has 0 spiro atoms. The van der Waals surface area contributed by atoms with Crippen molar-refractivity contribution in [3.8, 4) is 0 Å². The molecule has 1 fully saturated rings. The first kappa shape index (κ1) is 20.4. The zero-order valence-electron chi connectivity index (χ0n) is 16.1. The van der Waals surface area contributed by atoms with E-state index in [9.17, 15) is 18.8 Å². The van der Waals surface area contributed by atoms with Crippen LogP contribution in [0.25, 0.3) is 17.0 Å². The first-order valence-corrected chi connectivity index (χ1v) is 9.62. The summed E-state index contributed by atoms with van der Waals surface area (Å²) in [4.78, 5) is 38.8. The molecule has 0 atom stereocenters. The molecule has 8 heteroatoms. The summed E-state index contributed by atoms with van der Waals surface area (Å²) in [5.41, 5.74) is 1.26. The Morgan fingerprint density at radius 3 is 2.61 bits per heavy atom. The van der Waals surface area contributed by atoms with Crippen LogP contribution in [0.5, 0.6) is 0 Å². The summed E-state index contributed by atoms with van der Waals surface area (Å²) in [6, 6.07) is 11.7. The van der Waals surface area contributed by atoms with Gasteiger partial charge >= 0.3 is 0 Å². The van der Waals surface area contributed by atoms with Gasteiger partial charge in [-0.25, -0.2) is 4.39 Å². The highest BCUT2D eigenvalue weighted by molar-refractivity contribution is 7.80. The van der Waals surface area contributed by atoms with E-state index in [0.29, 0.717) is 22.1 Å². The molecule has 0 aliphatic carbocycles. The van der Waals surface area contributed by atoms with Crippen LogP contribution in [0.2, 0.25) is 0 Å². The molecule has 31 heavy (non-hydrogen) atoms. The van der Waals surface area contributed by atoms with Crippen LogP contribution in [-0.4, -0.2) is 34.2 Å². The number of amides is 2. The Hall–Kier alpha value is -3.91. The smallest absolute Gasteiger partial charge is 0.265 e. The number of nitrogens with one attached hydrogen (secondary N) is 1. The van der Waals surface area contributed by atoms with Crippen molar-refractivity contribution in [1.82, 2.24) is 10.2 Å². The molecule has 154 valence electrons. The van der Waals surface area contributed by atoms with Crippen LogP contribution in [0.15, 0.2) is 71.2 Å². The van der Waals surface area contributed by atoms with Crippen LogP contribution < -0.4 is 5.32 Å². The van der Waals surface area contributed by atoms with Crippen LogP contribution in [0, 0.1) is 5.82 Å². The fourth-order valence-corrected chi connectivity index (χ4v) is 3.41. The lowest BCUT2D eigenvalue weighted by atomic mass is 10.1. The SMILES string of the molecule is C=CCN1C(=O)C(=Cc2ccc3oc(C(=O)c4ccc(F)cc4)cc3c2)C(=O)NC1=S. The minimum Gasteiger partial charge on any atom is -0.453 e. The molecule has 6 nitrogen and oxygen atoms in total. The second-order valence-corrected chi connectivity index (χ2v) is 7.15. The molecule has 0 unspecified atom stereocenters. The molecule has 0 saturated carbocycles. The van der Waals surface area contributed by atoms with Crippen molar-refractivity contribution in [1.29, 1.82) is 0 Å². The Labute approximate surface area is 181 Å². The summed E-state index contributed by atoms with van der Waals surface area (Å²) in [5, 5.41) is 3.13. The molecule has 1 aliphatic heterocycles. The molecule has 1 aliphatic rings. The maximum Gasteiger partial charge on any atom is 0.265 e. The average molecular weight is 434 g/mol. The number of fused-ring (bicyclic) bond motifs is 1. The highest BCUT2D eigenvalue weighted by Gasteiger charge is 2.32. The van der Waals surface area contributed by atoms with E-state index in [1.54, 1.807) is 24.3 Å². The molecule has 2 amide bonds. The average Bonchev–Trinajstić information content (AvgIpc) is 3.17. The van der Waals surface area contributed by atoms with Gasteiger partial charge in [-0.2, -0.15) is 0 Å². The molecular formula is C23H15FN2O4S. The molecule has 1 N–H and O–H groups in total. The summed E-state index contributed by atoms with van der Waals surface area (Å²) in [5.74, 6) is -1.83. The van der Waals surface area contributed by atoms with Gasteiger partial charge in [0.1, 0.15) is 17.0 Å². The van der Waals surface area contributed by atoms with Crippen molar-refractivity contribution in [2.45, 2.75) is 0 Å². The number of carbonyl (C=O) groups is 3. The fraction of sp³-hybridized carbons (Fsp3) is 0.0435. The lowest BCUT2D eigenvalue weighted by Crippen LogP contribution is -2.53. The van der Waals surface area contributed by atoms with Gasteiger partial charge in [0.05, 0.1) is 0 Å². The standard InChI is InChI=1S/C23H15FN2O4S/c1-2-9-26-22(29)17(21(28)25-23(26)31)11-13-3-8-18-15(10-13)12-19(30-18)20(27)14-4-6-16(24)7-5-14/h2-8,10-12H,1,9H2,(H,25,28,31). The number of carbonyl (C=O) groups excluding carboxylic acids is 3. The topological polar surface area (TPSA) is 79.6 Å². The van der Waals surface area contributed by atoms with Crippen LogP contribution in [0.1, 0.15) is 21.7 Å². The molecular weight excluding hydrogens is 419 g/mol. The molecule has 4 rings (SSSR count). The van der Waals surface area contributed by atoms with Gasteiger partial charge in [-0.1, -0.05) is 12.1 Å². The van der Waals surface area contributed by atoms with Gasteiger partial charge in [0.15, 0.2) is 10.9 Å². The third-order valence-electron chi connectivity index (χ3n) is 4.68. The van der Waals surface area contributed by atoms with Gasteiger partial charge in [0, 0.05) is 17.5 Å². The lowest BCUT2D eigenvalue weighted by molar-refractivity contribution is -0.128. The molecule has 2 heterocycles. The van der Waals surface area contributed by atoms with Crippen LogP contribution in [0.4, 0.5) is 4.39 Å². The lowest BCUT2D eigenvalue weighted by Gasteiger charge is -2.27. The van der Waals surface area contributed by atoms with Crippen molar-refractivity contribution in [2.24, 2.45) is 0 Å². The molecule has 3 aromatic rings. The van der Waals surface area contributed by atoms with Crippen molar-refractivity contribution >= 4 is 52.0 Å². The van der Waals surface area contributed by atoms with Gasteiger partial charge < -0.3 is 4.42 Å². The first-order valence-electron chi connectivity index (χ1n) is 9.21. The van der Waals surface area contributed by atoms with Gasteiger partial charge in [-0.3, -0.25) is 24.6 Å². The Morgan fingerprint density at radius 1 is 1.16 bits per heavy atom. The monoisotopic (exact) mass is 434 g/mol. The van der Waals surface area contributed by atoms with Crippen LogP contribution in [0.3, 0.4) is 0 Å². The quantitative estimate of drug-likeness (QED) is 0.218. The minimum absolute atomic E-state index is 0.0290. The van der Waals surface area contributed by atoms with Crippen molar-refractivity contribution in [3.63, 3.8) is 0 Å². The number of furan rings is 1. The molecule has 2 aromatic carbocycles. The van der Waals surface area contributed by atoms with E-state index in [-0.39, 0.29) is 28.8 Å². The summed E-state index contributed by atoms with van der Waals surface area (Å²) in [7, 11) is 0. The van der Waals surface area contributed by atoms with E-state index in [1.165, 1.54) is 41.3 Å². The number of thiocarbonyl (C=S) groups is 1. The second kappa shape index (κ2) is 8.08. The Morgan fingerprint density at radius 2 is 1.90 bits per heavy atom. The van der Waals surface area contributed by atoms with Gasteiger partial charge in [0.25, 0.3) is 11.8 Å². The third kappa shape index (κ3) is 3.93. The van der Waals surface area contributed by atoms with Crippen molar-refractivity contribution < 1.29 is 23.2 Å². The summed E-state index contributed by atoms with van der Waals surface area (Å²) >= 11 is 5.04. The second-order valence-electron chi connectivity index (χ2n) is 6.77. The fourth-order valence-electron chi connectivity index (χ4n) is 3.16. The number of hydrogen-bond acceptors (Lipinski definition) is 5. The highest BCUT2D eigenvalue weighted by atomic mass is 32.1. The van der Waals surface area contributed by atoms with Crippen LogP contribution >= 0.6 is 12.2 Å². The van der Waals surface area contributed by atoms with E-state index in [1.807, 2.05) is 0 Å². The molecule has 1 aromatic heterocycles. The third-order valence-corrected chi connectivity index (χ3v) is 5.00. The normalized spacial score (nSPS) is 15.5. The molecule has 0 radical (unpaired) electrons. The van der Waals surface area contributed by atoms with E-state index in [0.717, 1.165) is 0 Å². The number of benzene rings is 2. The maximum absolute atomic E-state index is 13.1. The van der Waals surface area contributed by atoms with Gasteiger partial charge in [0.2, 0.25) is 5.78 Å². The number of hydrogen-bond donors (Lipinski definition) is 1. The van der Waals surface area contributed by atoms with E-state index >= 15 is 0 Å². The van der Waals surface area contributed by atoms with Gasteiger partial charge in [-0.15, -0.1) is 6.58 Å². The number of ketones is 1. The maximum atomic E-state index is 13.1. The molecule has 0 bridgehead atoms. The van der Waals surface area contributed by atoms with Gasteiger partial charge in [-0.05, 0) is 66.3 Å². The predicted octanol–water partition coefficient (Wildman–Crippen LogP) is 3.62. The van der Waals surface area contributed by atoms with Crippen molar-refractivity contribution in [2.75, 3.05) is 6.54 Å². The summed E-state index contributed by atoms with van der Waals surface area (Å²) in [6.45, 7) is 3.76. The Kier molecular flexibility index (Phi) is 5.31. The highest BCUT2D eigenvalue weighted by Crippen LogP contribution is 2.25. The zero-order valence-corrected chi connectivity index (χ0v) is 16.9. The van der Waals surface area contributed by atoms with E-state index in [2.05, 4.69) is 11.9 Å². The summed E-state index contributed by atoms with van der Waals surface area (Å²) < 4.78 is 18.7. The van der Waals surface area contributed by atoms with E-state index < -0.39 is 17.6 Å². The van der Waals surface area contributed by atoms with Crippen LogP contribution in [-0.2, 0) is 9.59 Å². The number of rotatable bonds is 5. The Bertz CT molecular complexity index is 1290. The minimum atomic E-state index is -0.588. The summed E-state index contributed by atoms with van der Waals surface area (Å²) in [6.07, 6.45) is 2.96. The predicted molar refractivity (Wildman–Crippen MR) is 117 cm³/mol.